The van der Waals surface area contributed by atoms with E-state index >= 15 is 0 Å². The fourth-order valence-corrected chi connectivity index (χ4v) is 1.94. The molecule has 0 fully saturated rings. The molecular weight excluding hydrogens is 307 g/mol. The third kappa shape index (κ3) is 1.90. The fraction of sp³-hybridized carbons (Fsp3) is 0. The van der Waals surface area contributed by atoms with Crippen molar-refractivity contribution in [3.63, 3.8) is 0 Å². The smallest absolute Gasteiger partial charge is 0.339 e. The van der Waals surface area contributed by atoms with Crippen molar-refractivity contribution in [1.82, 2.24) is 0 Å². The van der Waals surface area contributed by atoms with Gasteiger partial charge < -0.3 is 32.8 Å². The molecule has 0 unspecified atom stereocenters. The van der Waals surface area contributed by atoms with Crippen LogP contribution in [0.15, 0.2) is 30.3 Å². The summed E-state index contributed by atoms with van der Waals surface area (Å²) in [5.41, 5.74) is -0.0653. The Hall–Kier alpha value is -1.30. The van der Waals surface area contributed by atoms with E-state index in [1.54, 1.807) is 0 Å². The van der Waals surface area contributed by atoms with Gasteiger partial charge in [0.1, 0.15) is 11.3 Å². The lowest BCUT2D eigenvalue weighted by Crippen LogP contribution is -3.34. The van der Waals surface area contributed by atoms with Crippen molar-refractivity contribution in [1.29, 1.82) is 0 Å². The quantitative estimate of drug-likeness (QED) is 0.662. The SMILES string of the molecule is O=C(O)c1cc2cc([I-])ccc2cc1O. The number of carboxylic acid groups (broad SMARTS) is 1. The number of rotatable bonds is 1. The molecule has 3 nitrogen and oxygen atoms in total. The minimum Gasteiger partial charge on any atom is -0.759 e. The lowest BCUT2D eigenvalue weighted by atomic mass is 10.1. The molecule has 15 heavy (non-hydrogen) atoms. The van der Waals surface area contributed by atoms with Gasteiger partial charge in [-0.25, -0.2) is 4.79 Å². The summed E-state index contributed by atoms with van der Waals surface area (Å²) in [5, 5.41) is 19.9. The molecule has 0 aromatic heterocycles. The van der Waals surface area contributed by atoms with Gasteiger partial charge in [-0.3, -0.25) is 0 Å². The Kier molecular flexibility index (Phi) is 2.52. The highest BCUT2D eigenvalue weighted by molar-refractivity contribution is 5.97. The highest BCUT2D eigenvalue weighted by Crippen LogP contribution is 2.24. The van der Waals surface area contributed by atoms with Crippen LogP contribution in [0.5, 0.6) is 5.75 Å². The standard InChI is InChI=1S/C11H7IO3/c12-8-2-1-6-5-10(13)9(11(14)15)4-7(6)3-8/h1-5,13H,(H,14,15)/q-1. The van der Waals surface area contributed by atoms with Crippen LogP contribution in [0.25, 0.3) is 10.8 Å². The van der Waals surface area contributed by atoms with Crippen LogP contribution >= 0.6 is 0 Å². The maximum Gasteiger partial charge on any atom is 0.339 e. The summed E-state index contributed by atoms with van der Waals surface area (Å²) in [6.45, 7) is 0. The molecule has 4 heteroatoms. The highest BCUT2D eigenvalue weighted by atomic mass is 127. The van der Waals surface area contributed by atoms with Crippen molar-refractivity contribution in [3.8, 4) is 5.75 Å². The first-order valence-electron chi connectivity index (χ1n) is 4.23. The van der Waals surface area contributed by atoms with Crippen LogP contribution < -0.4 is 22.6 Å². The number of carboxylic acids is 1. The summed E-state index contributed by atoms with van der Waals surface area (Å²) in [5.74, 6) is -1.32. The molecule has 2 N–H and O–H groups in total. The van der Waals surface area contributed by atoms with Gasteiger partial charge in [0.2, 0.25) is 0 Å². The van der Waals surface area contributed by atoms with E-state index in [0.29, 0.717) is 0 Å². The normalized spacial score (nSPS) is 10.5. The van der Waals surface area contributed by atoms with Gasteiger partial charge in [0.15, 0.2) is 0 Å². The van der Waals surface area contributed by atoms with E-state index in [-0.39, 0.29) is 11.3 Å². The van der Waals surface area contributed by atoms with E-state index in [2.05, 4.69) is 22.6 Å². The monoisotopic (exact) mass is 314 g/mol. The van der Waals surface area contributed by atoms with E-state index in [4.69, 9.17) is 5.11 Å². The van der Waals surface area contributed by atoms with Crippen LogP contribution in [-0.4, -0.2) is 16.2 Å². The third-order valence-electron chi connectivity index (χ3n) is 2.15. The van der Waals surface area contributed by atoms with Crippen LogP contribution in [0, 0.1) is 3.57 Å². The molecule has 0 aliphatic heterocycles. The van der Waals surface area contributed by atoms with Gasteiger partial charge in [0.05, 0.1) is 0 Å². The molecule has 77 valence electrons. The maximum absolute atomic E-state index is 10.8. The Labute approximate surface area is 99.5 Å². The topological polar surface area (TPSA) is 57.5 Å². The predicted octanol–water partition coefficient (Wildman–Crippen LogP) is -1.03. The molecule has 2 aromatic rings. The molecule has 2 rings (SSSR count). The van der Waals surface area contributed by atoms with Gasteiger partial charge in [-0.15, -0.1) is 0 Å². The molecule has 0 amide bonds. The zero-order valence-electron chi connectivity index (χ0n) is 7.57. The molecule has 1 radical (unpaired) electrons. The van der Waals surface area contributed by atoms with Crippen molar-refractivity contribution < 1.29 is 37.6 Å². The summed E-state index contributed by atoms with van der Waals surface area (Å²) in [7, 11) is 0. The Morgan fingerprint density at radius 3 is 2.53 bits per heavy atom. The Bertz CT molecular complexity index is 549. The van der Waals surface area contributed by atoms with Gasteiger partial charge >= 0.3 is 5.97 Å². The van der Waals surface area contributed by atoms with Crippen molar-refractivity contribution >= 4 is 16.7 Å². The van der Waals surface area contributed by atoms with E-state index in [9.17, 15) is 9.90 Å². The molecule has 0 saturated heterocycles. The van der Waals surface area contributed by atoms with Crippen LogP contribution in [0.4, 0.5) is 0 Å². The second-order valence-electron chi connectivity index (χ2n) is 3.17. The molecule has 0 atom stereocenters. The first-order chi connectivity index (χ1) is 7.08. The molecule has 0 aliphatic rings. The van der Waals surface area contributed by atoms with Gasteiger partial charge in [-0.2, -0.15) is 3.57 Å². The number of fused-ring (bicyclic) bond motifs is 1. The van der Waals surface area contributed by atoms with E-state index in [1.165, 1.54) is 12.1 Å². The van der Waals surface area contributed by atoms with Crippen molar-refractivity contribution in [2.24, 2.45) is 0 Å². The minimum absolute atomic E-state index is 0.0653. The molecule has 0 bridgehead atoms. The van der Waals surface area contributed by atoms with Crippen LogP contribution in [0.1, 0.15) is 10.4 Å². The first-order valence-corrected chi connectivity index (χ1v) is 5.31. The molecule has 0 spiro atoms. The number of aromatic hydroxyl groups is 1. The summed E-state index contributed by atoms with van der Waals surface area (Å²) in [4.78, 5) is 10.8. The number of hydrogen-bond acceptors (Lipinski definition) is 2. The number of phenols is 1. The van der Waals surface area contributed by atoms with Crippen molar-refractivity contribution in [3.05, 3.63) is 39.5 Å². The summed E-state index contributed by atoms with van der Waals surface area (Å²) in [6, 6.07) is 8.58. The molecule has 2 aromatic carbocycles. The predicted molar refractivity (Wildman–Crippen MR) is 51.3 cm³/mol. The Morgan fingerprint density at radius 1 is 1.13 bits per heavy atom. The molecular formula is C11H7IO3-. The average molecular weight is 314 g/mol. The number of aromatic carboxylic acids is 1. The largest absolute Gasteiger partial charge is 0.759 e. The Balaban J connectivity index is 2.77. The zero-order valence-corrected chi connectivity index (χ0v) is 9.72. The van der Waals surface area contributed by atoms with Crippen LogP contribution in [-0.2, 0) is 0 Å². The first kappa shape index (κ1) is 10.2. The lowest BCUT2D eigenvalue weighted by Gasteiger charge is -2.08. The lowest BCUT2D eigenvalue weighted by molar-refractivity contribution is -0.328. The number of carbonyl (C=O) groups is 1. The van der Waals surface area contributed by atoms with E-state index in [0.717, 1.165) is 14.3 Å². The van der Waals surface area contributed by atoms with Gasteiger partial charge in [0, 0.05) is 0 Å². The van der Waals surface area contributed by atoms with Crippen LogP contribution in [0.2, 0.25) is 0 Å². The second kappa shape index (κ2) is 3.69. The third-order valence-corrected chi connectivity index (χ3v) is 2.82. The fourth-order valence-electron chi connectivity index (χ4n) is 1.43. The van der Waals surface area contributed by atoms with Gasteiger partial charge in [0.25, 0.3) is 0 Å². The summed E-state index contributed by atoms with van der Waals surface area (Å²) < 4.78 is 1.03. The van der Waals surface area contributed by atoms with Crippen LogP contribution in [0.3, 0.4) is 0 Å². The number of hydrogen-bond donors (Lipinski definition) is 2. The highest BCUT2D eigenvalue weighted by Gasteiger charge is 2.09. The van der Waals surface area contributed by atoms with Gasteiger partial charge in [-0.1, -0.05) is 18.2 Å². The second-order valence-corrected chi connectivity index (χ2v) is 4.41. The summed E-state index contributed by atoms with van der Waals surface area (Å²) >= 11 is 2.16. The van der Waals surface area contributed by atoms with Crippen molar-refractivity contribution in [2.45, 2.75) is 0 Å². The van der Waals surface area contributed by atoms with E-state index < -0.39 is 5.97 Å². The van der Waals surface area contributed by atoms with Gasteiger partial charge in [-0.05, 0) is 22.9 Å². The molecule has 0 saturated carbocycles. The number of halogens is 1. The average Bonchev–Trinajstić information content (AvgIpc) is 2.17. The number of benzene rings is 2. The van der Waals surface area contributed by atoms with Crippen molar-refractivity contribution in [2.75, 3.05) is 0 Å². The summed E-state index contributed by atoms with van der Waals surface area (Å²) in [6.07, 6.45) is 0. The maximum atomic E-state index is 10.8. The minimum atomic E-state index is -1.12. The molecule has 0 aliphatic carbocycles. The Morgan fingerprint density at radius 2 is 1.87 bits per heavy atom. The molecule has 0 heterocycles. The van der Waals surface area contributed by atoms with E-state index in [1.807, 2.05) is 18.2 Å². The zero-order chi connectivity index (χ0) is 11.0.